The highest BCUT2D eigenvalue weighted by molar-refractivity contribution is 5.79. The topological polar surface area (TPSA) is 24.9 Å². The summed E-state index contributed by atoms with van der Waals surface area (Å²) in [5.74, 6) is 1.26. The van der Waals surface area contributed by atoms with Crippen LogP contribution in [0.5, 0.6) is 0 Å². The lowest BCUT2D eigenvalue weighted by Gasteiger charge is -2.28. The van der Waals surface area contributed by atoms with Crippen LogP contribution in [0, 0.1) is 18.8 Å². The fourth-order valence-corrected chi connectivity index (χ4v) is 2.73. The molecule has 114 valence electrons. The van der Waals surface area contributed by atoms with Crippen LogP contribution in [0.15, 0.2) is 30.3 Å². The average molecular weight is 284 g/mol. The van der Waals surface area contributed by atoms with Crippen LogP contribution in [0.1, 0.15) is 51.4 Å². The van der Waals surface area contributed by atoms with Crippen LogP contribution in [0.3, 0.4) is 0 Å². The van der Waals surface area contributed by atoms with Gasteiger partial charge in [0.1, 0.15) is 0 Å². The third kappa shape index (κ3) is 3.82. The van der Waals surface area contributed by atoms with Crippen molar-refractivity contribution in [1.29, 1.82) is 0 Å². The van der Waals surface area contributed by atoms with E-state index in [-0.39, 0.29) is 0 Å². The molecule has 0 aliphatic rings. The summed E-state index contributed by atoms with van der Waals surface area (Å²) in [6.45, 7) is 12.3. The predicted octanol–water partition coefficient (Wildman–Crippen LogP) is 4.88. The number of aromatic nitrogens is 1. The van der Waals surface area contributed by atoms with E-state index in [1.807, 2.05) is 6.92 Å². The van der Waals surface area contributed by atoms with Crippen LogP contribution in [-0.2, 0) is 0 Å². The van der Waals surface area contributed by atoms with E-state index >= 15 is 0 Å². The van der Waals surface area contributed by atoms with Crippen molar-refractivity contribution < 1.29 is 0 Å². The van der Waals surface area contributed by atoms with E-state index in [1.54, 1.807) is 0 Å². The number of hydrogen-bond donors (Lipinski definition) is 1. The summed E-state index contributed by atoms with van der Waals surface area (Å²) in [5.41, 5.74) is 3.54. The van der Waals surface area contributed by atoms with Crippen molar-refractivity contribution >= 4 is 10.9 Å². The van der Waals surface area contributed by atoms with Gasteiger partial charge in [-0.1, -0.05) is 39.8 Å². The number of aryl methyl sites for hydroxylation is 1. The molecule has 2 nitrogen and oxygen atoms in total. The maximum absolute atomic E-state index is 4.60. The molecular weight excluding hydrogens is 256 g/mol. The highest BCUT2D eigenvalue weighted by atomic mass is 14.9. The molecule has 0 bridgehead atoms. The van der Waals surface area contributed by atoms with Crippen molar-refractivity contribution in [2.45, 2.75) is 47.1 Å². The highest BCUT2D eigenvalue weighted by Gasteiger charge is 2.21. The monoisotopic (exact) mass is 284 g/mol. The van der Waals surface area contributed by atoms with E-state index in [1.165, 1.54) is 10.9 Å². The van der Waals surface area contributed by atoms with E-state index in [2.05, 4.69) is 68.3 Å². The van der Waals surface area contributed by atoms with Crippen LogP contribution >= 0.6 is 0 Å². The molecule has 2 aromatic rings. The fraction of sp³-hybridized carbons (Fsp3) is 0.526. The molecule has 21 heavy (non-hydrogen) atoms. The van der Waals surface area contributed by atoms with Crippen LogP contribution in [0.4, 0.5) is 0 Å². The molecule has 2 heteroatoms. The Balaban J connectivity index is 2.36. The van der Waals surface area contributed by atoms with Gasteiger partial charge in [-0.2, -0.15) is 0 Å². The normalized spacial score (nSPS) is 14.6. The number of nitrogens with one attached hydrogen (secondary N) is 1. The van der Waals surface area contributed by atoms with E-state index in [9.17, 15) is 0 Å². The number of benzene rings is 1. The maximum atomic E-state index is 4.60. The van der Waals surface area contributed by atoms with Crippen molar-refractivity contribution in [2.75, 3.05) is 6.54 Å². The summed E-state index contributed by atoms with van der Waals surface area (Å²) in [6, 6.07) is 11.4. The van der Waals surface area contributed by atoms with Gasteiger partial charge in [0.15, 0.2) is 0 Å². The lowest BCUT2D eigenvalue weighted by atomic mass is 9.85. The first kappa shape index (κ1) is 16.0. The molecule has 1 aromatic carbocycles. The summed E-state index contributed by atoms with van der Waals surface area (Å²) in [4.78, 5) is 4.60. The van der Waals surface area contributed by atoms with Crippen molar-refractivity contribution in [3.05, 3.63) is 41.6 Å². The van der Waals surface area contributed by atoms with Crippen LogP contribution < -0.4 is 5.32 Å². The van der Waals surface area contributed by atoms with Gasteiger partial charge < -0.3 is 5.32 Å². The van der Waals surface area contributed by atoms with Crippen LogP contribution in [-0.4, -0.2) is 11.5 Å². The number of hydrogen-bond acceptors (Lipinski definition) is 2. The molecule has 2 rings (SSSR count). The smallest absolute Gasteiger partial charge is 0.0705 e. The minimum Gasteiger partial charge on any atom is -0.310 e. The van der Waals surface area contributed by atoms with Gasteiger partial charge in [-0.05, 0) is 55.5 Å². The van der Waals surface area contributed by atoms with Crippen molar-refractivity contribution in [3.63, 3.8) is 0 Å². The molecule has 1 N–H and O–H groups in total. The zero-order valence-electron chi connectivity index (χ0n) is 14.0. The first-order chi connectivity index (χ1) is 10.0. The second-order valence-corrected chi connectivity index (χ2v) is 6.44. The number of pyridine rings is 1. The van der Waals surface area contributed by atoms with Crippen LogP contribution in [0.2, 0.25) is 0 Å². The van der Waals surface area contributed by atoms with Crippen molar-refractivity contribution in [1.82, 2.24) is 10.3 Å². The highest BCUT2D eigenvalue weighted by Crippen LogP contribution is 2.29. The van der Waals surface area contributed by atoms with E-state index < -0.39 is 0 Å². The van der Waals surface area contributed by atoms with E-state index in [0.29, 0.717) is 17.9 Å². The van der Waals surface area contributed by atoms with Gasteiger partial charge in [0.05, 0.1) is 5.52 Å². The third-order valence-electron chi connectivity index (χ3n) is 4.40. The van der Waals surface area contributed by atoms with Gasteiger partial charge in [0.2, 0.25) is 0 Å². The molecule has 0 aliphatic carbocycles. The fourth-order valence-electron chi connectivity index (χ4n) is 2.73. The minimum atomic E-state index is 0.413. The Morgan fingerprint density at radius 1 is 1.10 bits per heavy atom. The number of nitrogens with zero attached hydrogens (tertiary/aromatic N) is 1. The Bertz CT molecular complexity index is 589. The Labute approximate surface area is 129 Å². The molecule has 0 spiro atoms. The Hall–Kier alpha value is -1.41. The zero-order chi connectivity index (χ0) is 15.4. The number of fused-ring (bicyclic) bond motifs is 1. The summed E-state index contributed by atoms with van der Waals surface area (Å²) in [5, 5.41) is 4.96. The lowest BCUT2D eigenvalue weighted by Crippen LogP contribution is -2.30. The molecule has 0 fully saturated rings. The van der Waals surface area contributed by atoms with Gasteiger partial charge in [-0.15, -0.1) is 0 Å². The van der Waals surface area contributed by atoms with Gasteiger partial charge in [-0.3, -0.25) is 4.98 Å². The summed E-state index contributed by atoms with van der Waals surface area (Å²) < 4.78 is 0. The average Bonchev–Trinajstić information content (AvgIpc) is 2.47. The SMILES string of the molecule is CCCNC(c1ccc2nc(C)ccc2c1)C(C)C(C)C. The Morgan fingerprint density at radius 3 is 2.52 bits per heavy atom. The number of rotatable bonds is 6. The van der Waals surface area contributed by atoms with Gasteiger partial charge in [-0.25, -0.2) is 0 Å². The van der Waals surface area contributed by atoms with E-state index in [0.717, 1.165) is 24.2 Å². The van der Waals surface area contributed by atoms with Gasteiger partial charge in [0.25, 0.3) is 0 Å². The summed E-state index contributed by atoms with van der Waals surface area (Å²) >= 11 is 0. The third-order valence-corrected chi connectivity index (χ3v) is 4.40. The largest absolute Gasteiger partial charge is 0.310 e. The lowest BCUT2D eigenvalue weighted by molar-refractivity contribution is 0.304. The predicted molar refractivity (Wildman–Crippen MR) is 91.5 cm³/mol. The second-order valence-electron chi connectivity index (χ2n) is 6.44. The molecule has 2 unspecified atom stereocenters. The second kappa shape index (κ2) is 7.04. The molecule has 0 radical (unpaired) electrons. The first-order valence-corrected chi connectivity index (χ1v) is 8.13. The molecule has 0 saturated carbocycles. The molecule has 0 saturated heterocycles. The molecule has 0 amide bonds. The molecule has 0 aliphatic heterocycles. The van der Waals surface area contributed by atoms with Crippen molar-refractivity contribution in [2.24, 2.45) is 11.8 Å². The quantitative estimate of drug-likeness (QED) is 0.818. The minimum absolute atomic E-state index is 0.413. The van der Waals surface area contributed by atoms with Gasteiger partial charge in [0, 0.05) is 17.1 Å². The maximum Gasteiger partial charge on any atom is 0.0705 e. The first-order valence-electron chi connectivity index (χ1n) is 8.13. The molecule has 2 atom stereocenters. The standard InChI is InChI=1S/C19H28N2/c1-6-11-20-19(15(5)13(2)3)17-9-10-18-16(12-17)8-7-14(4)21-18/h7-10,12-13,15,19-20H,6,11H2,1-5H3. The molecule has 1 aromatic heterocycles. The molecular formula is C19H28N2. The van der Waals surface area contributed by atoms with Crippen LogP contribution in [0.25, 0.3) is 10.9 Å². The Kier molecular flexibility index (Phi) is 5.35. The van der Waals surface area contributed by atoms with Crippen molar-refractivity contribution in [3.8, 4) is 0 Å². The zero-order valence-corrected chi connectivity index (χ0v) is 14.0. The van der Waals surface area contributed by atoms with Gasteiger partial charge >= 0.3 is 0 Å². The summed E-state index contributed by atoms with van der Waals surface area (Å²) in [7, 11) is 0. The summed E-state index contributed by atoms with van der Waals surface area (Å²) in [6.07, 6.45) is 1.16. The Morgan fingerprint density at radius 2 is 1.86 bits per heavy atom. The molecule has 1 heterocycles. The van der Waals surface area contributed by atoms with E-state index in [4.69, 9.17) is 0 Å².